The second kappa shape index (κ2) is 13.0. The maximum absolute atomic E-state index is 12.8. The molecule has 0 saturated heterocycles. The van der Waals surface area contributed by atoms with Gasteiger partial charge in [-0.1, -0.05) is 34.8 Å². The van der Waals surface area contributed by atoms with Crippen LogP contribution in [-0.4, -0.2) is 43.8 Å². The van der Waals surface area contributed by atoms with Crippen LogP contribution < -0.4 is 10.1 Å². The maximum Gasteiger partial charge on any atom is 0.211 e. The Labute approximate surface area is 187 Å². The summed E-state index contributed by atoms with van der Waals surface area (Å²) in [5, 5.41) is 2.62. The number of unbranched alkanes of at least 4 members (excludes halogenated alkanes) is 3. The van der Waals surface area contributed by atoms with E-state index in [-0.39, 0.29) is 5.78 Å². The van der Waals surface area contributed by atoms with E-state index in [9.17, 15) is 9.59 Å². The van der Waals surface area contributed by atoms with E-state index in [0.717, 1.165) is 43.2 Å². The van der Waals surface area contributed by atoms with E-state index in [1.165, 1.54) is 0 Å². The van der Waals surface area contributed by atoms with Gasteiger partial charge in [-0.05, 0) is 62.8 Å². The molecule has 0 unspecified atom stereocenters. The van der Waals surface area contributed by atoms with Gasteiger partial charge in [0.15, 0.2) is 5.78 Å². The first-order valence-electron chi connectivity index (χ1n) is 10.1. The molecule has 5 nitrogen and oxygen atoms in total. The molecule has 0 saturated carbocycles. The van der Waals surface area contributed by atoms with Crippen LogP contribution in [0.3, 0.4) is 0 Å². The van der Waals surface area contributed by atoms with Crippen molar-refractivity contribution in [1.82, 2.24) is 4.90 Å². The Kier molecular flexibility index (Phi) is 10.3. The Morgan fingerprint density at radius 3 is 2.57 bits per heavy atom. The summed E-state index contributed by atoms with van der Waals surface area (Å²) in [5.74, 6) is 0.484. The van der Waals surface area contributed by atoms with Gasteiger partial charge >= 0.3 is 0 Å². The van der Waals surface area contributed by atoms with Gasteiger partial charge in [0.25, 0.3) is 0 Å². The molecular formula is C24H29BrN2O3. The zero-order chi connectivity index (χ0) is 21.8. The summed E-state index contributed by atoms with van der Waals surface area (Å²) in [4.78, 5) is 26.1. The lowest BCUT2D eigenvalue weighted by molar-refractivity contribution is -0.105. The van der Waals surface area contributed by atoms with Gasteiger partial charge in [0.1, 0.15) is 5.75 Å². The highest BCUT2D eigenvalue weighted by Gasteiger charge is 2.14. The van der Waals surface area contributed by atoms with Gasteiger partial charge in [-0.3, -0.25) is 9.59 Å². The molecule has 2 aromatic rings. The molecule has 0 fully saturated rings. The summed E-state index contributed by atoms with van der Waals surface area (Å²) in [5.41, 5.74) is 1.43. The lowest BCUT2D eigenvalue weighted by Gasteiger charge is -2.14. The van der Waals surface area contributed by atoms with Crippen molar-refractivity contribution in [3.8, 4) is 5.75 Å². The number of nitrogens with one attached hydrogen (secondary N) is 1. The molecular weight excluding hydrogens is 444 g/mol. The molecule has 0 spiro atoms. The van der Waals surface area contributed by atoms with E-state index in [1.807, 2.05) is 18.2 Å². The third-order valence-corrected chi connectivity index (χ3v) is 5.23. The zero-order valence-corrected chi connectivity index (χ0v) is 19.0. The monoisotopic (exact) mass is 472 g/mol. The molecule has 0 aliphatic carbocycles. The van der Waals surface area contributed by atoms with Gasteiger partial charge in [-0.2, -0.15) is 0 Å². The van der Waals surface area contributed by atoms with Gasteiger partial charge < -0.3 is 15.0 Å². The van der Waals surface area contributed by atoms with Crippen LogP contribution in [0.2, 0.25) is 0 Å². The van der Waals surface area contributed by atoms with Crippen molar-refractivity contribution >= 4 is 33.8 Å². The molecule has 6 heteroatoms. The Morgan fingerprint density at radius 1 is 1.13 bits per heavy atom. The van der Waals surface area contributed by atoms with Crippen LogP contribution in [0, 0.1) is 0 Å². The molecule has 2 rings (SSSR count). The summed E-state index contributed by atoms with van der Waals surface area (Å²) in [6.07, 6.45) is 6.86. The normalized spacial score (nSPS) is 10.6. The average molecular weight is 473 g/mol. The number of carbonyl (C=O) groups is 2. The number of halogens is 1. The largest absolute Gasteiger partial charge is 0.494 e. The van der Waals surface area contributed by atoms with Crippen molar-refractivity contribution in [2.75, 3.05) is 32.1 Å². The van der Waals surface area contributed by atoms with Crippen LogP contribution in [0.1, 0.15) is 41.6 Å². The summed E-state index contributed by atoms with van der Waals surface area (Å²) < 4.78 is 6.72. The number of hydrogen-bond acceptors (Lipinski definition) is 4. The third-order valence-electron chi connectivity index (χ3n) is 4.70. The minimum absolute atomic E-state index is 0.153. The Morgan fingerprint density at radius 2 is 1.87 bits per heavy atom. The van der Waals surface area contributed by atoms with Gasteiger partial charge in [-0.25, -0.2) is 0 Å². The van der Waals surface area contributed by atoms with Crippen molar-refractivity contribution in [2.45, 2.75) is 25.7 Å². The fraction of sp³-hybridized carbons (Fsp3) is 0.333. The number of amides is 1. The van der Waals surface area contributed by atoms with Crippen LogP contribution in [-0.2, 0) is 4.79 Å². The minimum atomic E-state index is -0.153. The first-order valence-corrected chi connectivity index (χ1v) is 10.9. The Hall–Kier alpha value is -2.44. The number of hydrogen-bond donors (Lipinski definition) is 1. The summed E-state index contributed by atoms with van der Waals surface area (Å²) >= 11 is 3.36. The first kappa shape index (κ1) is 23.8. The van der Waals surface area contributed by atoms with Crippen LogP contribution in [0.4, 0.5) is 5.69 Å². The number of ketones is 1. The highest BCUT2D eigenvalue weighted by atomic mass is 79.9. The minimum Gasteiger partial charge on any atom is -0.494 e. The fourth-order valence-corrected chi connectivity index (χ4v) is 3.35. The van der Waals surface area contributed by atoms with E-state index in [1.54, 1.807) is 30.3 Å². The number of carbonyl (C=O) groups excluding carboxylic acids is 2. The molecule has 2 aromatic carbocycles. The van der Waals surface area contributed by atoms with Crippen molar-refractivity contribution < 1.29 is 14.3 Å². The zero-order valence-electron chi connectivity index (χ0n) is 17.4. The highest BCUT2D eigenvalue weighted by Crippen LogP contribution is 2.25. The highest BCUT2D eigenvalue weighted by molar-refractivity contribution is 9.10. The lowest BCUT2D eigenvalue weighted by atomic mass is 10.0. The number of nitrogens with zero attached hydrogens (tertiary/aromatic N) is 1. The standard InChI is InChI=1S/C24H29BrN2O3/c1-3-14-27(2)15-6-4-5-7-16-30-21-12-13-22(23(17-21)26-18-28)24(29)19-8-10-20(25)11-9-19/h3,8-13,17-18H,1,4-7,14-16H2,2H3,(H,26,28). The molecule has 0 atom stereocenters. The topological polar surface area (TPSA) is 58.6 Å². The van der Waals surface area contributed by atoms with E-state index >= 15 is 0 Å². The summed E-state index contributed by atoms with van der Waals surface area (Å²) in [6, 6.07) is 12.3. The molecule has 0 heterocycles. The van der Waals surface area contributed by atoms with Gasteiger partial charge in [-0.15, -0.1) is 6.58 Å². The smallest absolute Gasteiger partial charge is 0.211 e. The molecule has 0 radical (unpaired) electrons. The predicted octanol–water partition coefficient (Wildman–Crippen LogP) is 5.31. The second-order valence-corrected chi connectivity index (χ2v) is 8.03. The molecule has 0 aromatic heterocycles. The SMILES string of the molecule is C=CCN(C)CCCCCCOc1ccc(C(=O)c2ccc(Br)cc2)c(NC=O)c1. The Bertz CT molecular complexity index is 837. The number of ether oxygens (including phenoxy) is 1. The molecule has 0 aliphatic rings. The van der Waals surface area contributed by atoms with E-state index < -0.39 is 0 Å². The molecule has 1 N–H and O–H groups in total. The quantitative estimate of drug-likeness (QED) is 0.175. The van der Waals surface area contributed by atoms with E-state index in [4.69, 9.17) is 4.74 Å². The van der Waals surface area contributed by atoms with Gasteiger partial charge in [0.05, 0.1) is 12.3 Å². The lowest BCUT2D eigenvalue weighted by Crippen LogP contribution is -2.19. The molecule has 1 amide bonds. The predicted molar refractivity (Wildman–Crippen MR) is 125 cm³/mol. The third kappa shape index (κ3) is 7.76. The van der Waals surface area contributed by atoms with E-state index in [2.05, 4.69) is 39.8 Å². The molecule has 160 valence electrons. The van der Waals surface area contributed by atoms with Gasteiger partial charge in [0, 0.05) is 28.2 Å². The average Bonchev–Trinajstić information content (AvgIpc) is 2.74. The number of anilines is 1. The number of benzene rings is 2. The molecule has 0 aliphatic heterocycles. The van der Waals surface area contributed by atoms with Crippen molar-refractivity contribution in [2.24, 2.45) is 0 Å². The summed E-state index contributed by atoms with van der Waals surface area (Å²) in [6.45, 7) is 6.34. The van der Waals surface area contributed by atoms with Crippen LogP contribution >= 0.6 is 15.9 Å². The number of likely N-dealkylation sites (N-methyl/N-ethyl adjacent to an activating group) is 1. The van der Waals surface area contributed by atoms with Crippen molar-refractivity contribution in [1.29, 1.82) is 0 Å². The summed E-state index contributed by atoms with van der Waals surface area (Å²) in [7, 11) is 2.10. The second-order valence-electron chi connectivity index (χ2n) is 7.12. The number of rotatable bonds is 14. The molecule has 0 bridgehead atoms. The first-order chi connectivity index (χ1) is 14.5. The van der Waals surface area contributed by atoms with Crippen LogP contribution in [0.25, 0.3) is 0 Å². The van der Waals surface area contributed by atoms with Crippen LogP contribution in [0.15, 0.2) is 59.6 Å². The van der Waals surface area contributed by atoms with Crippen molar-refractivity contribution in [3.05, 3.63) is 70.7 Å². The maximum atomic E-state index is 12.8. The van der Waals surface area contributed by atoms with Crippen molar-refractivity contribution in [3.63, 3.8) is 0 Å². The molecule has 30 heavy (non-hydrogen) atoms. The van der Waals surface area contributed by atoms with Crippen LogP contribution in [0.5, 0.6) is 5.75 Å². The van der Waals surface area contributed by atoms with Gasteiger partial charge in [0.2, 0.25) is 6.41 Å². The Balaban J connectivity index is 1.87. The fourth-order valence-electron chi connectivity index (χ4n) is 3.09. The van der Waals surface area contributed by atoms with E-state index in [0.29, 0.717) is 35.6 Å².